The van der Waals surface area contributed by atoms with E-state index in [-0.39, 0.29) is 11.4 Å². The first-order chi connectivity index (χ1) is 10.1. The lowest BCUT2D eigenvalue weighted by Crippen LogP contribution is -2.53. The zero-order chi connectivity index (χ0) is 15.3. The summed E-state index contributed by atoms with van der Waals surface area (Å²) in [5.41, 5.74) is 1.81. The second-order valence-electron chi connectivity index (χ2n) is 5.58. The van der Waals surface area contributed by atoms with Gasteiger partial charge in [0.2, 0.25) is 5.91 Å². The third kappa shape index (κ3) is 3.84. The minimum absolute atomic E-state index is 0.110. The van der Waals surface area contributed by atoms with Crippen LogP contribution in [0.25, 0.3) is 0 Å². The molecule has 2 N–H and O–H groups in total. The van der Waals surface area contributed by atoms with Gasteiger partial charge in [0.05, 0.1) is 12.1 Å². The molecule has 0 aliphatic heterocycles. The lowest BCUT2D eigenvalue weighted by atomic mass is 9.96. The topological polar surface area (TPSA) is 50.4 Å². The van der Waals surface area contributed by atoms with Gasteiger partial charge in [0.25, 0.3) is 0 Å². The number of likely N-dealkylation sites (N-methyl/N-ethyl adjacent to an activating group) is 1. The number of amides is 1. The van der Waals surface area contributed by atoms with Crippen molar-refractivity contribution in [1.29, 1.82) is 0 Å². The second-order valence-corrected chi connectivity index (χ2v) is 6.44. The van der Waals surface area contributed by atoms with Gasteiger partial charge in [0.1, 0.15) is 0 Å². The summed E-state index contributed by atoms with van der Waals surface area (Å²) in [7, 11) is 3.55. The average Bonchev–Trinajstić information content (AvgIpc) is 2.98. The number of rotatable bonds is 6. The molecule has 1 aromatic carbocycles. The lowest BCUT2D eigenvalue weighted by molar-refractivity contribution is -0.127. The Morgan fingerprint density at radius 3 is 2.71 bits per heavy atom. The maximum Gasteiger partial charge on any atom is 0.240 e. The van der Waals surface area contributed by atoms with Gasteiger partial charge in [-0.25, -0.2) is 0 Å². The third-order valence-corrected chi connectivity index (χ3v) is 5.01. The maximum atomic E-state index is 12.4. The Balaban J connectivity index is 1.99. The normalized spacial score (nSPS) is 16.9. The molecule has 0 spiro atoms. The highest BCUT2D eigenvalue weighted by atomic mass is 79.9. The number of benzene rings is 1. The Labute approximate surface area is 134 Å². The van der Waals surface area contributed by atoms with Gasteiger partial charge in [-0.3, -0.25) is 4.79 Å². The molecular formula is C16H23BrN2O2. The van der Waals surface area contributed by atoms with Crippen LogP contribution < -0.4 is 10.6 Å². The van der Waals surface area contributed by atoms with E-state index in [1.54, 1.807) is 7.11 Å². The minimum Gasteiger partial charge on any atom is -0.380 e. The molecule has 0 unspecified atom stereocenters. The van der Waals surface area contributed by atoms with Crippen molar-refractivity contribution in [1.82, 2.24) is 10.6 Å². The molecule has 0 aromatic heterocycles. The summed E-state index contributed by atoms with van der Waals surface area (Å²) in [6.45, 7) is 1.11. The molecule has 2 rings (SSSR count). The van der Waals surface area contributed by atoms with Crippen molar-refractivity contribution in [3.05, 3.63) is 33.8 Å². The molecule has 0 atom stereocenters. The van der Waals surface area contributed by atoms with Crippen LogP contribution in [-0.4, -0.2) is 25.6 Å². The molecule has 21 heavy (non-hydrogen) atoms. The van der Waals surface area contributed by atoms with Crippen LogP contribution in [-0.2, 0) is 22.7 Å². The predicted octanol–water partition coefficient (Wildman–Crippen LogP) is 2.74. The molecule has 1 fully saturated rings. The molecule has 1 amide bonds. The standard InChI is InChI=1S/C16H23BrN2O2/c1-18-16(7-3-4-8-16)15(20)19-10-12-5-6-14(17)13(9-12)11-21-2/h5-6,9,18H,3-4,7-8,10-11H2,1-2H3,(H,19,20). The molecular weight excluding hydrogens is 332 g/mol. The Bertz CT molecular complexity index is 499. The second kappa shape index (κ2) is 7.38. The van der Waals surface area contributed by atoms with Gasteiger partial charge in [0, 0.05) is 18.1 Å². The largest absolute Gasteiger partial charge is 0.380 e. The Hall–Kier alpha value is -0.910. The minimum atomic E-state index is -0.370. The molecule has 4 nitrogen and oxygen atoms in total. The number of carbonyl (C=O) groups excluding carboxylic acids is 1. The summed E-state index contributed by atoms with van der Waals surface area (Å²) >= 11 is 3.51. The van der Waals surface area contributed by atoms with Crippen molar-refractivity contribution in [3.63, 3.8) is 0 Å². The fraction of sp³-hybridized carbons (Fsp3) is 0.562. The summed E-state index contributed by atoms with van der Waals surface area (Å²) < 4.78 is 6.21. The Morgan fingerprint density at radius 1 is 1.38 bits per heavy atom. The molecule has 5 heteroatoms. The summed E-state index contributed by atoms with van der Waals surface area (Å²) in [4.78, 5) is 12.4. The zero-order valence-electron chi connectivity index (χ0n) is 12.7. The number of halogens is 1. The van der Waals surface area contributed by atoms with E-state index < -0.39 is 0 Å². The molecule has 1 aromatic rings. The SMILES string of the molecule is CNC1(C(=O)NCc2ccc(Br)c(COC)c2)CCCC1. The quantitative estimate of drug-likeness (QED) is 0.825. The number of carbonyl (C=O) groups is 1. The van der Waals surface area contributed by atoms with Crippen LogP contribution in [0.4, 0.5) is 0 Å². The predicted molar refractivity (Wildman–Crippen MR) is 87.0 cm³/mol. The first-order valence-corrected chi connectivity index (χ1v) is 8.14. The van der Waals surface area contributed by atoms with Crippen LogP contribution in [0.1, 0.15) is 36.8 Å². The lowest BCUT2D eigenvalue weighted by Gasteiger charge is -2.27. The van der Waals surface area contributed by atoms with Crippen LogP contribution in [0.3, 0.4) is 0 Å². The number of ether oxygens (including phenoxy) is 1. The van der Waals surface area contributed by atoms with Gasteiger partial charge in [-0.2, -0.15) is 0 Å². The fourth-order valence-corrected chi connectivity index (χ4v) is 3.29. The summed E-state index contributed by atoms with van der Waals surface area (Å²) in [5, 5.41) is 6.28. The van der Waals surface area contributed by atoms with Gasteiger partial charge in [-0.05, 0) is 37.1 Å². The average molecular weight is 355 g/mol. The Kier molecular flexibility index (Phi) is 5.79. The van der Waals surface area contributed by atoms with Gasteiger partial charge in [-0.1, -0.05) is 40.9 Å². The summed E-state index contributed by atoms with van der Waals surface area (Å²) in [6, 6.07) is 6.08. The third-order valence-electron chi connectivity index (χ3n) is 4.23. The smallest absolute Gasteiger partial charge is 0.240 e. The van der Waals surface area contributed by atoms with E-state index in [0.29, 0.717) is 13.2 Å². The van der Waals surface area contributed by atoms with Gasteiger partial charge >= 0.3 is 0 Å². The molecule has 0 radical (unpaired) electrons. The molecule has 1 aliphatic carbocycles. The van der Waals surface area contributed by atoms with Crippen molar-refractivity contribution >= 4 is 21.8 Å². The van der Waals surface area contributed by atoms with Gasteiger partial charge in [-0.15, -0.1) is 0 Å². The van der Waals surface area contributed by atoms with Crippen LogP contribution in [0.5, 0.6) is 0 Å². The van der Waals surface area contributed by atoms with E-state index in [1.165, 1.54) is 0 Å². The van der Waals surface area contributed by atoms with Crippen molar-refractivity contribution in [3.8, 4) is 0 Å². The van der Waals surface area contributed by atoms with Gasteiger partial charge in [0.15, 0.2) is 0 Å². The fourth-order valence-electron chi connectivity index (χ4n) is 2.92. The highest BCUT2D eigenvalue weighted by Crippen LogP contribution is 2.29. The van der Waals surface area contributed by atoms with E-state index in [2.05, 4.69) is 32.6 Å². The van der Waals surface area contributed by atoms with Crippen molar-refractivity contribution in [2.75, 3.05) is 14.2 Å². The summed E-state index contributed by atoms with van der Waals surface area (Å²) in [6.07, 6.45) is 4.07. The monoisotopic (exact) mass is 354 g/mol. The van der Waals surface area contributed by atoms with Crippen LogP contribution >= 0.6 is 15.9 Å². The van der Waals surface area contributed by atoms with Gasteiger partial charge < -0.3 is 15.4 Å². The molecule has 0 bridgehead atoms. The van der Waals surface area contributed by atoms with Crippen molar-refractivity contribution in [2.45, 2.75) is 44.4 Å². The summed E-state index contributed by atoms with van der Waals surface area (Å²) in [5.74, 6) is 0.110. The van der Waals surface area contributed by atoms with E-state index in [0.717, 1.165) is 41.3 Å². The molecule has 1 aliphatic rings. The van der Waals surface area contributed by atoms with Crippen LogP contribution in [0.2, 0.25) is 0 Å². The van der Waals surface area contributed by atoms with Crippen LogP contribution in [0.15, 0.2) is 22.7 Å². The first kappa shape index (κ1) is 16.5. The highest BCUT2D eigenvalue weighted by molar-refractivity contribution is 9.10. The first-order valence-electron chi connectivity index (χ1n) is 7.35. The van der Waals surface area contributed by atoms with Crippen LogP contribution in [0, 0.1) is 0 Å². The number of nitrogens with one attached hydrogen (secondary N) is 2. The van der Waals surface area contributed by atoms with E-state index in [9.17, 15) is 4.79 Å². The Morgan fingerprint density at radius 2 is 2.10 bits per heavy atom. The zero-order valence-corrected chi connectivity index (χ0v) is 14.3. The van der Waals surface area contributed by atoms with E-state index in [4.69, 9.17) is 4.74 Å². The molecule has 116 valence electrons. The molecule has 0 saturated heterocycles. The molecule has 0 heterocycles. The van der Waals surface area contributed by atoms with Crippen molar-refractivity contribution < 1.29 is 9.53 Å². The van der Waals surface area contributed by atoms with E-state index >= 15 is 0 Å². The highest BCUT2D eigenvalue weighted by Gasteiger charge is 2.39. The number of hydrogen-bond acceptors (Lipinski definition) is 3. The van der Waals surface area contributed by atoms with Crippen molar-refractivity contribution in [2.24, 2.45) is 0 Å². The van der Waals surface area contributed by atoms with E-state index in [1.807, 2.05) is 19.2 Å². The molecule has 1 saturated carbocycles. The number of methoxy groups -OCH3 is 1. The number of hydrogen-bond donors (Lipinski definition) is 2. The maximum absolute atomic E-state index is 12.4.